The molecule has 1 saturated heterocycles. The van der Waals surface area contributed by atoms with Crippen molar-refractivity contribution in [1.29, 1.82) is 5.26 Å². The van der Waals surface area contributed by atoms with Crippen LogP contribution in [-0.2, 0) is 20.9 Å². The SMILES string of the molecule is Cc1cc(N=S(C)(=O)C(C)(C)C#N)cc2ncnc(Cc3ccc(F)cc3O[C@H]3CCOC3)c12. The predicted molar refractivity (Wildman–Crippen MR) is 129 cm³/mol. The number of fused-ring (bicyclic) bond motifs is 1. The van der Waals surface area contributed by atoms with Crippen molar-refractivity contribution in [3.8, 4) is 11.8 Å². The number of hydrogen-bond donors (Lipinski definition) is 0. The van der Waals surface area contributed by atoms with E-state index in [4.69, 9.17) is 9.47 Å². The molecule has 34 heavy (non-hydrogen) atoms. The number of rotatable bonds is 6. The summed E-state index contributed by atoms with van der Waals surface area (Å²) in [7, 11) is -2.82. The molecule has 0 bridgehead atoms. The Balaban J connectivity index is 1.74. The lowest BCUT2D eigenvalue weighted by Gasteiger charge is -2.18. The van der Waals surface area contributed by atoms with Gasteiger partial charge < -0.3 is 9.47 Å². The molecule has 2 heterocycles. The zero-order valence-corrected chi connectivity index (χ0v) is 20.5. The first-order chi connectivity index (χ1) is 16.1. The van der Waals surface area contributed by atoms with Gasteiger partial charge in [0, 0.05) is 36.1 Å². The van der Waals surface area contributed by atoms with Gasteiger partial charge in [-0.25, -0.2) is 18.6 Å². The lowest BCUT2D eigenvalue weighted by molar-refractivity contribution is 0.140. The molecule has 178 valence electrons. The number of nitriles is 1. The highest BCUT2D eigenvalue weighted by atomic mass is 32.2. The van der Waals surface area contributed by atoms with Crippen molar-refractivity contribution < 1.29 is 18.1 Å². The zero-order valence-electron chi connectivity index (χ0n) is 19.7. The van der Waals surface area contributed by atoms with Gasteiger partial charge in [0.2, 0.25) is 0 Å². The Morgan fingerprint density at radius 1 is 1.32 bits per heavy atom. The molecule has 3 aromatic rings. The smallest absolute Gasteiger partial charge is 0.135 e. The van der Waals surface area contributed by atoms with Crippen molar-refractivity contribution in [2.75, 3.05) is 19.5 Å². The quantitative estimate of drug-likeness (QED) is 0.497. The van der Waals surface area contributed by atoms with Gasteiger partial charge in [-0.05, 0) is 44.5 Å². The van der Waals surface area contributed by atoms with Crippen LogP contribution in [0, 0.1) is 24.1 Å². The summed E-state index contributed by atoms with van der Waals surface area (Å²) in [6.07, 6.45) is 4.05. The lowest BCUT2D eigenvalue weighted by atomic mass is 10.0. The minimum atomic E-state index is -2.82. The van der Waals surface area contributed by atoms with Gasteiger partial charge in [0.1, 0.15) is 28.7 Å². The van der Waals surface area contributed by atoms with Crippen LogP contribution < -0.4 is 4.74 Å². The van der Waals surface area contributed by atoms with Crippen LogP contribution in [0.15, 0.2) is 41.0 Å². The fourth-order valence-electron chi connectivity index (χ4n) is 3.79. The summed E-state index contributed by atoms with van der Waals surface area (Å²) in [5.74, 6) is 0.118. The molecule has 2 aromatic carbocycles. The summed E-state index contributed by atoms with van der Waals surface area (Å²) in [5.41, 5.74) is 3.60. The van der Waals surface area contributed by atoms with E-state index in [2.05, 4.69) is 20.4 Å². The first-order valence-corrected chi connectivity index (χ1v) is 12.9. The fourth-order valence-corrected chi connectivity index (χ4v) is 4.69. The van der Waals surface area contributed by atoms with Crippen LogP contribution in [0.4, 0.5) is 10.1 Å². The van der Waals surface area contributed by atoms with Crippen LogP contribution in [0.5, 0.6) is 5.75 Å². The predicted octanol–water partition coefficient (Wildman–Crippen LogP) is 4.87. The highest BCUT2D eigenvalue weighted by Crippen LogP contribution is 2.32. The summed E-state index contributed by atoms with van der Waals surface area (Å²) in [6, 6.07) is 10.2. The van der Waals surface area contributed by atoms with Crippen molar-refractivity contribution in [2.24, 2.45) is 4.36 Å². The van der Waals surface area contributed by atoms with E-state index < -0.39 is 14.5 Å². The Morgan fingerprint density at radius 2 is 2.12 bits per heavy atom. The molecule has 0 aliphatic carbocycles. The van der Waals surface area contributed by atoms with E-state index in [1.54, 1.807) is 26.0 Å². The summed E-state index contributed by atoms with van der Waals surface area (Å²) in [4.78, 5) is 8.90. The van der Waals surface area contributed by atoms with E-state index >= 15 is 0 Å². The number of nitrogens with zero attached hydrogens (tertiary/aromatic N) is 4. The summed E-state index contributed by atoms with van der Waals surface area (Å²) in [5, 5.41) is 10.2. The Morgan fingerprint density at radius 3 is 2.82 bits per heavy atom. The molecule has 0 radical (unpaired) electrons. The molecular weight excluding hydrogens is 455 g/mol. The molecule has 7 nitrogen and oxygen atoms in total. The third-order valence-corrected chi connectivity index (χ3v) is 8.61. The molecule has 0 spiro atoms. The average molecular weight is 483 g/mol. The van der Waals surface area contributed by atoms with E-state index in [0.29, 0.717) is 36.6 Å². The van der Waals surface area contributed by atoms with Crippen LogP contribution in [-0.4, -0.2) is 44.5 Å². The molecule has 0 amide bonds. The van der Waals surface area contributed by atoms with Crippen LogP contribution in [0.25, 0.3) is 10.9 Å². The normalized spacial score (nSPS) is 17.8. The van der Waals surface area contributed by atoms with Gasteiger partial charge in [0.15, 0.2) is 0 Å². The fraction of sp³-hybridized carbons (Fsp3) is 0.400. The molecule has 1 fully saturated rings. The summed E-state index contributed by atoms with van der Waals surface area (Å²) in [6.45, 7) is 6.27. The molecule has 0 saturated carbocycles. The third-order valence-electron chi connectivity index (χ3n) is 6.06. The summed E-state index contributed by atoms with van der Waals surface area (Å²) >= 11 is 0. The molecule has 9 heteroatoms. The second-order valence-electron chi connectivity index (χ2n) is 9.03. The Labute approximate surface area is 199 Å². The van der Waals surface area contributed by atoms with E-state index in [0.717, 1.165) is 28.6 Å². The number of hydrogen-bond acceptors (Lipinski definition) is 7. The molecule has 1 unspecified atom stereocenters. The highest BCUT2D eigenvalue weighted by Gasteiger charge is 2.28. The maximum Gasteiger partial charge on any atom is 0.135 e. The molecule has 1 aliphatic rings. The largest absolute Gasteiger partial charge is 0.488 e. The Hall–Kier alpha value is -3.09. The second kappa shape index (κ2) is 9.28. The van der Waals surface area contributed by atoms with Crippen LogP contribution >= 0.6 is 0 Å². The first kappa shape index (κ1) is 24.0. The molecule has 1 aromatic heterocycles. The molecule has 4 rings (SSSR count). The van der Waals surface area contributed by atoms with Crippen LogP contribution in [0.1, 0.15) is 37.1 Å². The van der Waals surface area contributed by atoms with Crippen molar-refractivity contribution in [1.82, 2.24) is 9.97 Å². The number of benzene rings is 2. The standard InChI is InChI=1S/C25H27FN4O3S/c1-16-9-19(30-34(4,31)25(2,3)14-27)12-22-24(16)21(28-15-29-22)10-17-5-6-18(26)11-23(17)33-20-7-8-32-13-20/h5-6,9,11-12,15,20H,7-8,10,13H2,1-4H3/t20-,34?/m0/s1. The zero-order chi connectivity index (χ0) is 24.5. The van der Waals surface area contributed by atoms with E-state index in [1.165, 1.54) is 24.7 Å². The minimum Gasteiger partial charge on any atom is -0.488 e. The summed E-state index contributed by atoms with van der Waals surface area (Å²) < 4.78 is 41.8. The third kappa shape index (κ3) is 4.88. The maximum atomic E-state index is 14.0. The molecule has 1 aliphatic heterocycles. The van der Waals surface area contributed by atoms with Crippen LogP contribution in [0.3, 0.4) is 0 Å². The van der Waals surface area contributed by atoms with Crippen molar-refractivity contribution in [3.05, 3.63) is 59.3 Å². The second-order valence-corrected chi connectivity index (χ2v) is 11.8. The first-order valence-electron chi connectivity index (χ1n) is 11.0. The van der Waals surface area contributed by atoms with Crippen molar-refractivity contribution in [3.63, 3.8) is 0 Å². The van der Waals surface area contributed by atoms with Crippen LogP contribution in [0.2, 0.25) is 0 Å². The Kier molecular flexibility index (Phi) is 6.56. The topological polar surface area (TPSA) is 97.5 Å². The van der Waals surface area contributed by atoms with Gasteiger partial charge in [0.05, 0.1) is 45.9 Å². The number of ether oxygens (including phenoxy) is 2. The van der Waals surface area contributed by atoms with Gasteiger partial charge in [-0.2, -0.15) is 9.62 Å². The lowest BCUT2D eigenvalue weighted by Crippen LogP contribution is -2.28. The van der Waals surface area contributed by atoms with Gasteiger partial charge in [-0.3, -0.25) is 0 Å². The van der Waals surface area contributed by atoms with E-state index in [1.807, 2.05) is 13.0 Å². The van der Waals surface area contributed by atoms with Gasteiger partial charge >= 0.3 is 0 Å². The van der Waals surface area contributed by atoms with Crippen molar-refractivity contribution in [2.45, 2.75) is 44.5 Å². The number of aromatic nitrogens is 2. The monoisotopic (exact) mass is 482 g/mol. The molecule has 0 N–H and O–H groups in total. The number of halogens is 1. The maximum absolute atomic E-state index is 14.0. The van der Waals surface area contributed by atoms with Gasteiger partial charge in [-0.15, -0.1) is 0 Å². The van der Waals surface area contributed by atoms with Gasteiger partial charge in [0.25, 0.3) is 0 Å². The highest BCUT2D eigenvalue weighted by molar-refractivity contribution is 7.94. The number of aryl methyl sites for hydroxylation is 1. The van der Waals surface area contributed by atoms with E-state index in [9.17, 15) is 13.9 Å². The van der Waals surface area contributed by atoms with Gasteiger partial charge in [-0.1, -0.05) is 6.07 Å². The average Bonchev–Trinajstić information content (AvgIpc) is 3.28. The van der Waals surface area contributed by atoms with E-state index in [-0.39, 0.29) is 11.9 Å². The van der Waals surface area contributed by atoms with Crippen molar-refractivity contribution >= 4 is 26.3 Å². The molecular formula is C25H27FN4O3S. The minimum absolute atomic E-state index is 0.102. The Bertz CT molecular complexity index is 1400. The molecule has 2 atom stereocenters.